The molecule has 0 saturated carbocycles. The molecule has 0 bridgehead atoms. The van der Waals surface area contributed by atoms with Crippen LogP contribution in [0.2, 0.25) is 0 Å². The number of carbonyl (C=O) groups excluding carboxylic acids is 2. The number of aldehydes is 1. The van der Waals surface area contributed by atoms with Crippen LogP contribution in [0, 0.1) is 0 Å². The minimum absolute atomic E-state index is 0.174. The minimum Gasteiger partial charge on any atom is -0.481 e. The van der Waals surface area contributed by atoms with Gasteiger partial charge in [-0.15, -0.1) is 0 Å². The number of carboxylic acids is 2. The molecule has 1 amide bonds. The Morgan fingerprint density at radius 1 is 0.562 bits per heavy atom. The van der Waals surface area contributed by atoms with Crippen molar-refractivity contribution in [1.82, 2.24) is 4.90 Å². The number of carbonyl (C=O) groups is 4. The normalized spacial score (nSPS) is 10.8. The van der Waals surface area contributed by atoms with Crippen LogP contribution in [0.4, 0.5) is 0 Å². The van der Waals surface area contributed by atoms with E-state index in [1.807, 2.05) is 0 Å². The Labute approximate surface area is 193 Å². The molecule has 0 spiro atoms. The molecule has 0 unspecified atom stereocenters. The zero-order chi connectivity index (χ0) is 23.9. The third-order valence-electron chi connectivity index (χ3n) is 5.73. The molecule has 0 aromatic heterocycles. The Kier molecular flexibility index (Phi) is 20.9. The lowest BCUT2D eigenvalue weighted by molar-refractivity contribution is -0.144. The van der Waals surface area contributed by atoms with Gasteiger partial charge in [-0.3, -0.25) is 14.4 Å². The summed E-state index contributed by atoms with van der Waals surface area (Å²) in [5.41, 5.74) is 0. The van der Waals surface area contributed by atoms with Gasteiger partial charge in [-0.2, -0.15) is 0 Å². The summed E-state index contributed by atoms with van der Waals surface area (Å²) >= 11 is 0. The lowest BCUT2D eigenvalue weighted by Crippen LogP contribution is -2.36. The van der Waals surface area contributed by atoms with Crippen LogP contribution < -0.4 is 0 Å². The van der Waals surface area contributed by atoms with E-state index in [0.29, 0.717) is 19.1 Å². The van der Waals surface area contributed by atoms with Crippen molar-refractivity contribution in [3.63, 3.8) is 0 Å². The fourth-order valence-corrected chi connectivity index (χ4v) is 3.85. The van der Waals surface area contributed by atoms with E-state index in [4.69, 9.17) is 10.2 Å². The van der Waals surface area contributed by atoms with E-state index in [9.17, 15) is 19.2 Å². The van der Waals surface area contributed by atoms with E-state index in [1.54, 1.807) is 0 Å². The van der Waals surface area contributed by atoms with E-state index in [-0.39, 0.29) is 25.4 Å². The average Bonchev–Trinajstić information content (AvgIpc) is 2.75. The molecule has 0 aromatic rings. The Hall–Kier alpha value is -1.92. The molecule has 7 heteroatoms. The number of nitrogens with zero attached hydrogens (tertiary/aromatic N) is 1. The lowest BCUT2D eigenvalue weighted by Gasteiger charge is -2.19. The van der Waals surface area contributed by atoms with Crippen molar-refractivity contribution in [2.75, 3.05) is 13.1 Å². The van der Waals surface area contributed by atoms with Crippen molar-refractivity contribution in [2.24, 2.45) is 0 Å². The molecule has 0 rings (SSSR count). The number of hydrogen-bond acceptors (Lipinski definition) is 4. The van der Waals surface area contributed by atoms with Crippen LogP contribution in [0.25, 0.3) is 0 Å². The number of carboxylic acid groups (broad SMARTS) is 2. The zero-order valence-corrected chi connectivity index (χ0v) is 19.9. The van der Waals surface area contributed by atoms with Crippen LogP contribution in [0.15, 0.2) is 0 Å². The van der Waals surface area contributed by atoms with Gasteiger partial charge in [0.1, 0.15) is 12.8 Å². The van der Waals surface area contributed by atoms with Crippen molar-refractivity contribution in [3.05, 3.63) is 0 Å². The molecule has 0 saturated heterocycles. The maximum absolute atomic E-state index is 12.1. The van der Waals surface area contributed by atoms with Crippen LogP contribution in [-0.2, 0) is 19.2 Å². The summed E-state index contributed by atoms with van der Waals surface area (Å²) in [6.45, 7) is -0.148. The highest BCUT2D eigenvalue weighted by molar-refractivity contribution is 5.81. The largest absolute Gasteiger partial charge is 0.481 e. The average molecular weight is 456 g/mol. The first-order valence-electron chi connectivity index (χ1n) is 12.6. The maximum Gasteiger partial charge on any atom is 0.323 e. The van der Waals surface area contributed by atoms with Crippen molar-refractivity contribution < 1.29 is 29.4 Å². The quantitative estimate of drug-likeness (QED) is 0.145. The van der Waals surface area contributed by atoms with Gasteiger partial charge in [0.15, 0.2) is 0 Å². The molecule has 0 aliphatic heterocycles. The molecular weight excluding hydrogens is 410 g/mol. The van der Waals surface area contributed by atoms with Crippen LogP contribution in [0.3, 0.4) is 0 Å². The van der Waals surface area contributed by atoms with Gasteiger partial charge in [0, 0.05) is 25.8 Å². The standard InChI is InChI=1S/C25H45NO6/c27-21-17-20-26(22-25(31)32)23(28)18-15-13-11-9-7-5-3-1-2-4-6-8-10-12-14-16-19-24(29)30/h21H,1-20,22H2,(H,29,30)(H,31,32). The number of unbranched alkanes of at least 4 members (excludes halogenated alkanes) is 15. The molecular formula is C25H45NO6. The highest BCUT2D eigenvalue weighted by Gasteiger charge is 2.15. The Morgan fingerprint density at radius 3 is 1.28 bits per heavy atom. The van der Waals surface area contributed by atoms with Crippen molar-refractivity contribution >= 4 is 24.1 Å². The maximum atomic E-state index is 12.1. The van der Waals surface area contributed by atoms with Crippen molar-refractivity contribution in [3.8, 4) is 0 Å². The molecule has 186 valence electrons. The lowest BCUT2D eigenvalue weighted by atomic mass is 10.0. The van der Waals surface area contributed by atoms with Gasteiger partial charge in [0.2, 0.25) is 5.91 Å². The van der Waals surface area contributed by atoms with E-state index in [0.717, 1.165) is 38.5 Å². The number of hydrogen-bond donors (Lipinski definition) is 2. The second-order valence-corrected chi connectivity index (χ2v) is 8.71. The zero-order valence-electron chi connectivity index (χ0n) is 19.9. The predicted molar refractivity (Wildman–Crippen MR) is 126 cm³/mol. The first-order valence-corrected chi connectivity index (χ1v) is 12.6. The van der Waals surface area contributed by atoms with Crippen LogP contribution in [-0.4, -0.2) is 52.3 Å². The van der Waals surface area contributed by atoms with Gasteiger partial charge in [0.25, 0.3) is 0 Å². The SMILES string of the molecule is O=CCCN(CC(=O)O)C(=O)CCCCCCCCCCCCCCCCCCC(=O)O. The highest BCUT2D eigenvalue weighted by atomic mass is 16.4. The first-order chi connectivity index (χ1) is 15.5. The summed E-state index contributed by atoms with van der Waals surface area (Å²) in [6.07, 6.45) is 20.0. The van der Waals surface area contributed by atoms with Crippen molar-refractivity contribution in [1.29, 1.82) is 0 Å². The second-order valence-electron chi connectivity index (χ2n) is 8.71. The molecule has 0 aromatic carbocycles. The van der Waals surface area contributed by atoms with Gasteiger partial charge in [-0.05, 0) is 12.8 Å². The smallest absolute Gasteiger partial charge is 0.323 e. The summed E-state index contributed by atoms with van der Waals surface area (Å²) in [4.78, 5) is 45.1. The molecule has 0 fully saturated rings. The van der Waals surface area contributed by atoms with Crippen molar-refractivity contribution in [2.45, 2.75) is 122 Å². The molecule has 0 aliphatic carbocycles. The van der Waals surface area contributed by atoms with E-state index >= 15 is 0 Å². The number of aliphatic carboxylic acids is 2. The minimum atomic E-state index is -1.05. The van der Waals surface area contributed by atoms with Gasteiger partial charge in [0.05, 0.1) is 0 Å². The number of rotatable bonds is 24. The van der Waals surface area contributed by atoms with Gasteiger partial charge >= 0.3 is 11.9 Å². The van der Waals surface area contributed by atoms with E-state index < -0.39 is 11.9 Å². The molecule has 0 radical (unpaired) electrons. The highest BCUT2D eigenvalue weighted by Crippen LogP contribution is 2.14. The Morgan fingerprint density at radius 2 is 0.938 bits per heavy atom. The molecule has 0 aliphatic rings. The molecule has 0 heterocycles. The second kappa shape index (κ2) is 22.3. The fourth-order valence-electron chi connectivity index (χ4n) is 3.85. The monoisotopic (exact) mass is 455 g/mol. The molecule has 7 nitrogen and oxygen atoms in total. The summed E-state index contributed by atoms with van der Waals surface area (Å²) in [7, 11) is 0. The predicted octanol–water partition coefficient (Wildman–Crippen LogP) is 5.60. The molecule has 2 N–H and O–H groups in total. The third kappa shape index (κ3) is 21.3. The van der Waals surface area contributed by atoms with Gasteiger partial charge in [-0.1, -0.05) is 89.9 Å². The summed E-state index contributed by atoms with van der Waals surface area (Å²) in [6, 6.07) is 0. The third-order valence-corrected chi connectivity index (χ3v) is 5.73. The van der Waals surface area contributed by atoms with Crippen LogP contribution in [0.5, 0.6) is 0 Å². The Bertz CT molecular complexity index is 509. The number of amides is 1. The topological polar surface area (TPSA) is 112 Å². The fraction of sp³-hybridized carbons (Fsp3) is 0.840. The van der Waals surface area contributed by atoms with Crippen LogP contribution in [0.1, 0.15) is 122 Å². The van der Waals surface area contributed by atoms with Crippen LogP contribution >= 0.6 is 0 Å². The summed E-state index contributed by atoms with van der Waals surface area (Å²) in [5, 5.41) is 17.5. The Balaban J connectivity index is 3.39. The molecule has 0 atom stereocenters. The van der Waals surface area contributed by atoms with E-state index in [1.165, 1.54) is 69.1 Å². The molecule has 32 heavy (non-hydrogen) atoms. The first kappa shape index (κ1) is 30.1. The summed E-state index contributed by atoms with van der Waals surface area (Å²) in [5.74, 6) is -1.91. The van der Waals surface area contributed by atoms with E-state index in [2.05, 4.69) is 0 Å². The summed E-state index contributed by atoms with van der Waals surface area (Å²) < 4.78 is 0. The van der Waals surface area contributed by atoms with Gasteiger partial charge < -0.3 is 19.9 Å². The van der Waals surface area contributed by atoms with Gasteiger partial charge in [-0.25, -0.2) is 0 Å².